The molecule has 0 fully saturated rings. The van der Waals surface area contributed by atoms with E-state index in [9.17, 15) is 9.18 Å². The van der Waals surface area contributed by atoms with Gasteiger partial charge in [-0.3, -0.25) is 9.10 Å². The maximum Gasteiger partial charge on any atom is 0.207 e. The number of benzene rings is 1. The number of carbonyl (C=O) groups is 1. The van der Waals surface area contributed by atoms with E-state index >= 15 is 0 Å². The summed E-state index contributed by atoms with van der Waals surface area (Å²) in [5.74, 6) is -0.260. The normalized spacial score (nSPS) is 10.4. The van der Waals surface area contributed by atoms with Gasteiger partial charge in [0.25, 0.3) is 0 Å². The Morgan fingerprint density at radius 2 is 2.24 bits per heavy atom. The number of carbonyl (C=O) groups excluding carboxylic acids is 1. The summed E-state index contributed by atoms with van der Waals surface area (Å²) >= 11 is 1.39. The van der Waals surface area contributed by atoms with Crippen LogP contribution in [0.3, 0.4) is 0 Å². The van der Waals surface area contributed by atoms with E-state index in [2.05, 4.69) is 5.32 Å². The Morgan fingerprint density at radius 3 is 2.76 bits per heavy atom. The minimum absolute atomic E-state index is 0.142. The zero-order valence-corrected chi connectivity index (χ0v) is 10.8. The molecule has 0 aliphatic carbocycles. The first-order valence-electron chi connectivity index (χ1n) is 4.97. The number of halogens is 1. The molecule has 0 spiro atoms. The van der Waals surface area contributed by atoms with Crippen molar-refractivity contribution >= 4 is 18.4 Å². The Labute approximate surface area is 104 Å². The number of amides is 1. The molecule has 4 nitrogen and oxygen atoms in total. The van der Waals surface area contributed by atoms with Crippen molar-refractivity contribution in [1.29, 1.82) is 0 Å². The zero-order chi connectivity index (χ0) is 12.8. The zero-order valence-electron chi connectivity index (χ0n) is 9.99. The standard InChI is InChI=1S/C11H15FN2O2S/c1-14(2)17-10-5-4-9(16-3)11(12)8(10)6-13-7-15/h4-5,7H,6H2,1-3H3,(H,13,15). The lowest BCUT2D eigenvalue weighted by atomic mass is 10.2. The summed E-state index contributed by atoms with van der Waals surface area (Å²) in [5.41, 5.74) is 0.426. The molecule has 17 heavy (non-hydrogen) atoms. The molecule has 1 aromatic rings. The highest BCUT2D eigenvalue weighted by Crippen LogP contribution is 2.31. The number of hydrogen-bond donors (Lipinski definition) is 1. The van der Waals surface area contributed by atoms with Crippen LogP contribution in [0.25, 0.3) is 0 Å². The second kappa shape index (κ2) is 6.46. The molecular weight excluding hydrogens is 243 g/mol. The van der Waals surface area contributed by atoms with Crippen molar-refractivity contribution in [1.82, 2.24) is 9.62 Å². The van der Waals surface area contributed by atoms with Gasteiger partial charge in [0.1, 0.15) is 0 Å². The second-order valence-corrected chi connectivity index (χ2v) is 4.81. The Morgan fingerprint density at radius 1 is 1.53 bits per heavy atom. The van der Waals surface area contributed by atoms with Crippen molar-refractivity contribution in [2.75, 3.05) is 21.2 Å². The van der Waals surface area contributed by atoms with Gasteiger partial charge in [0.05, 0.1) is 7.11 Å². The molecule has 0 radical (unpaired) electrons. The SMILES string of the molecule is COc1ccc(SN(C)C)c(CNC=O)c1F. The molecule has 0 saturated heterocycles. The van der Waals surface area contributed by atoms with Crippen LogP contribution >= 0.6 is 11.9 Å². The van der Waals surface area contributed by atoms with Crippen LogP contribution in [-0.4, -0.2) is 31.9 Å². The molecule has 1 N–H and O–H groups in total. The summed E-state index contributed by atoms with van der Waals surface area (Å²) in [5, 5.41) is 2.46. The quantitative estimate of drug-likeness (QED) is 0.622. The molecule has 1 rings (SSSR count). The van der Waals surface area contributed by atoms with Gasteiger partial charge in [0, 0.05) is 17.0 Å². The van der Waals surface area contributed by atoms with Gasteiger partial charge in [-0.1, -0.05) is 0 Å². The minimum atomic E-state index is -0.436. The number of nitrogens with one attached hydrogen (secondary N) is 1. The van der Waals surface area contributed by atoms with E-state index in [1.54, 1.807) is 12.1 Å². The van der Waals surface area contributed by atoms with Crippen LogP contribution < -0.4 is 10.1 Å². The lowest BCUT2D eigenvalue weighted by Gasteiger charge is -2.15. The van der Waals surface area contributed by atoms with E-state index in [0.29, 0.717) is 12.0 Å². The highest BCUT2D eigenvalue weighted by atomic mass is 32.2. The first-order valence-corrected chi connectivity index (χ1v) is 5.75. The van der Waals surface area contributed by atoms with Gasteiger partial charge < -0.3 is 10.1 Å². The summed E-state index contributed by atoms with van der Waals surface area (Å²) in [7, 11) is 5.14. The molecule has 0 unspecified atom stereocenters. The predicted molar refractivity (Wildman–Crippen MR) is 65.4 cm³/mol. The Hall–Kier alpha value is -1.27. The van der Waals surface area contributed by atoms with Gasteiger partial charge in [-0.25, -0.2) is 4.39 Å². The maximum atomic E-state index is 14.0. The third-order valence-electron chi connectivity index (χ3n) is 2.03. The second-order valence-electron chi connectivity index (χ2n) is 3.46. The average Bonchev–Trinajstić information content (AvgIpc) is 2.28. The number of rotatable bonds is 6. The molecule has 0 saturated carbocycles. The summed E-state index contributed by atoms with van der Waals surface area (Å²) in [6, 6.07) is 3.35. The molecular formula is C11H15FN2O2S. The smallest absolute Gasteiger partial charge is 0.207 e. The molecule has 6 heteroatoms. The minimum Gasteiger partial charge on any atom is -0.494 e. The third-order valence-corrected chi connectivity index (χ3v) is 2.97. The summed E-state index contributed by atoms with van der Waals surface area (Å²) in [4.78, 5) is 11.0. The number of hydrogen-bond acceptors (Lipinski definition) is 4. The fourth-order valence-corrected chi connectivity index (χ4v) is 2.12. The van der Waals surface area contributed by atoms with E-state index in [-0.39, 0.29) is 12.3 Å². The van der Waals surface area contributed by atoms with Gasteiger partial charge in [-0.2, -0.15) is 0 Å². The molecule has 1 aromatic carbocycles. The highest BCUT2D eigenvalue weighted by Gasteiger charge is 2.14. The summed E-state index contributed by atoms with van der Waals surface area (Å²) in [6.45, 7) is 0.142. The fourth-order valence-electron chi connectivity index (χ4n) is 1.33. The highest BCUT2D eigenvalue weighted by molar-refractivity contribution is 7.97. The molecule has 0 bridgehead atoms. The van der Waals surface area contributed by atoms with Crippen molar-refractivity contribution in [2.45, 2.75) is 11.4 Å². The molecule has 0 atom stereocenters. The number of nitrogens with zero attached hydrogens (tertiary/aromatic N) is 1. The van der Waals surface area contributed by atoms with Crippen molar-refractivity contribution < 1.29 is 13.9 Å². The fraction of sp³-hybridized carbons (Fsp3) is 0.364. The van der Waals surface area contributed by atoms with Crippen LogP contribution in [0.15, 0.2) is 17.0 Å². The predicted octanol–water partition coefficient (Wildman–Crippen LogP) is 1.65. The van der Waals surface area contributed by atoms with E-state index in [1.807, 2.05) is 18.4 Å². The van der Waals surface area contributed by atoms with Crippen LogP contribution in [-0.2, 0) is 11.3 Å². The molecule has 0 aliphatic rings. The van der Waals surface area contributed by atoms with Crippen molar-refractivity contribution in [2.24, 2.45) is 0 Å². The van der Waals surface area contributed by atoms with Gasteiger partial charge in [-0.15, -0.1) is 0 Å². The maximum absolute atomic E-state index is 14.0. The largest absolute Gasteiger partial charge is 0.494 e. The molecule has 94 valence electrons. The van der Waals surface area contributed by atoms with Gasteiger partial charge in [0.15, 0.2) is 11.6 Å². The van der Waals surface area contributed by atoms with Crippen molar-refractivity contribution in [3.8, 4) is 5.75 Å². The first kappa shape index (κ1) is 13.8. The van der Waals surface area contributed by atoms with Crippen molar-refractivity contribution in [3.05, 3.63) is 23.5 Å². The van der Waals surface area contributed by atoms with Crippen LogP contribution in [0, 0.1) is 5.82 Å². The summed E-state index contributed by atoms with van der Waals surface area (Å²) < 4.78 is 20.8. The van der Waals surface area contributed by atoms with Gasteiger partial charge >= 0.3 is 0 Å². The molecule has 0 aliphatic heterocycles. The van der Waals surface area contributed by atoms with Gasteiger partial charge in [-0.05, 0) is 38.2 Å². The summed E-state index contributed by atoms with van der Waals surface area (Å²) in [6.07, 6.45) is 0.545. The van der Waals surface area contributed by atoms with Gasteiger partial charge in [0.2, 0.25) is 6.41 Å². The number of methoxy groups -OCH3 is 1. The third kappa shape index (κ3) is 3.61. The molecule has 1 amide bonds. The lowest BCUT2D eigenvalue weighted by molar-refractivity contribution is -0.109. The van der Waals surface area contributed by atoms with E-state index in [4.69, 9.17) is 4.74 Å². The van der Waals surface area contributed by atoms with Crippen molar-refractivity contribution in [3.63, 3.8) is 0 Å². The van der Waals surface area contributed by atoms with E-state index < -0.39 is 5.82 Å². The van der Waals surface area contributed by atoms with Crippen LogP contribution in [0.5, 0.6) is 5.75 Å². The topological polar surface area (TPSA) is 41.6 Å². The Balaban J connectivity index is 3.10. The van der Waals surface area contributed by atoms with Crippen LogP contribution in [0.4, 0.5) is 4.39 Å². The monoisotopic (exact) mass is 258 g/mol. The van der Waals surface area contributed by atoms with E-state index in [0.717, 1.165) is 4.90 Å². The Kier molecular flexibility index (Phi) is 5.24. The van der Waals surface area contributed by atoms with Crippen LogP contribution in [0.1, 0.15) is 5.56 Å². The first-order chi connectivity index (χ1) is 8.10. The average molecular weight is 258 g/mol. The van der Waals surface area contributed by atoms with Crippen LogP contribution in [0.2, 0.25) is 0 Å². The van der Waals surface area contributed by atoms with E-state index in [1.165, 1.54) is 19.1 Å². The lowest BCUT2D eigenvalue weighted by Crippen LogP contribution is -2.13. The Bertz CT molecular complexity index is 399. The molecule has 0 heterocycles. The molecule has 0 aromatic heterocycles. The number of ether oxygens (including phenoxy) is 1.